The van der Waals surface area contributed by atoms with Gasteiger partial charge in [-0.1, -0.05) is 6.92 Å². The van der Waals surface area contributed by atoms with Crippen LogP contribution < -0.4 is 5.32 Å². The highest BCUT2D eigenvalue weighted by atomic mass is 32.1. The van der Waals surface area contributed by atoms with Crippen LogP contribution in [0.5, 0.6) is 0 Å². The van der Waals surface area contributed by atoms with Gasteiger partial charge in [0.1, 0.15) is 0 Å². The Morgan fingerprint density at radius 2 is 2.30 bits per heavy atom. The van der Waals surface area contributed by atoms with Gasteiger partial charge in [0.15, 0.2) is 0 Å². The van der Waals surface area contributed by atoms with E-state index in [9.17, 15) is 4.79 Å². The highest BCUT2D eigenvalue weighted by Gasteiger charge is 2.32. The van der Waals surface area contributed by atoms with Crippen LogP contribution in [0, 0.1) is 13.8 Å². The van der Waals surface area contributed by atoms with Crippen LogP contribution in [-0.2, 0) is 11.3 Å². The summed E-state index contributed by atoms with van der Waals surface area (Å²) in [6.45, 7) is 10.6. The second-order valence-electron chi connectivity index (χ2n) is 5.47. The van der Waals surface area contributed by atoms with Crippen molar-refractivity contribution >= 4 is 17.4 Å². The van der Waals surface area contributed by atoms with Crippen molar-refractivity contribution in [2.24, 2.45) is 0 Å². The summed E-state index contributed by atoms with van der Waals surface area (Å²) in [5.74, 6) is 0. The highest BCUT2D eigenvalue weighted by molar-refractivity contribution is 7.11. The minimum Gasteiger partial charge on any atom is -0.372 e. The summed E-state index contributed by atoms with van der Waals surface area (Å²) in [7, 11) is 0. The zero-order chi connectivity index (χ0) is 14.8. The maximum atomic E-state index is 12.2. The molecule has 20 heavy (non-hydrogen) atoms. The van der Waals surface area contributed by atoms with Gasteiger partial charge >= 0.3 is 6.03 Å². The van der Waals surface area contributed by atoms with Gasteiger partial charge in [-0.3, -0.25) is 0 Å². The van der Waals surface area contributed by atoms with E-state index in [1.807, 2.05) is 18.7 Å². The molecular weight excluding hydrogens is 274 g/mol. The molecular formula is C14H23N3O2S. The number of hydrogen-bond donors (Lipinski definition) is 1. The van der Waals surface area contributed by atoms with E-state index < -0.39 is 0 Å². The highest BCUT2D eigenvalue weighted by Crippen LogP contribution is 2.21. The molecule has 2 amide bonds. The number of aryl methyl sites for hydroxylation is 2. The number of nitrogens with one attached hydrogen (secondary N) is 1. The Kier molecular flexibility index (Phi) is 4.65. The first-order chi connectivity index (χ1) is 9.43. The van der Waals surface area contributed by atoms with Crippen molar-refractivity contribution in [1.82, 2.24) is 15.2 Å². The fourth-order valence-electron chi connectivity index (χ4n) is 2.33. The molecule has 112 valence electrons. The molecule has 1 aromatic heterocycles. The lowest BCUT2D eigenvalue weighted by Gasteiger charge is -2.39. The van der Waals surface area contributed by atoms with E-state index in [-0.39, 0.29) is 11.6 Å². The Hall–Kier alpha value is -1.14. The number of thiazole rings is 1. The van der Waals surface area contributed by atoms with E-state index in [2.05, 4.69) is 24.1 Å². The fourth-order valence-corrected chi connectivity index (χ4v) is 3.16. The average molecular weight is 297 g/mol. The van der Waals surface area contributed by atoms with Gasteiger partial charge in [0.05, 0.1) is 36.0 Å². The van der Waals surface area contributed by atoms with Crippen LogP contribution in [0.3, 0.4) is 0 Å². The molecule has 1 saturated heterocycles. The topological polar surface area (TPSA) is 54.5 Å². The molecule has 1 N–H and O–H groups in total. The molecule has 1 aliphatic heterocycles. The van der Waals surface area contributed by atoms with Crippen LogP contribution in [0.4, 0.5) is 4.79 Å². The summed E-state index contributed by atoms with van der Waals surface area (Å²) in [6, 6.07) is -0.0296. The van der Waals surface area contributed by atoms with Crippen LogP contribution >= 0.6 is 11.3 Å². The third-order valence-corrected chi connectivity index (χ3v) is 4.71. The van der Waals surface area contributed by atoms with E-state index in [0.717, 1.165) is 17.1 Å². The van der Waals surface area contributed by atoms with Gasteiger partial charge in [0, 0.05) is 11.4 Å². The molecule has 0 aromatic carbocycles. The zero-order valence-corrected chi connectivity index (χ0v) is 13.5. The molecule has 1 aromatic rings. The summed E-state index contributed by atoms with van der Waals surface area (Å²) in [5, 5.41) is 4.00. The van der Waals surface area contributed by atoms with E-state index in [0.29, 0.717) is 26.2 Å². The smallest absolute Gasteiger partial charge is 0.317 e. The third-order valence-electron chi connectivity index (χ3n) is 3.78. The van der Waals surface area contributed by atoms with Crippen LogP contribution in [0.25, 0.3) is 0 Å². The van der Waals surface area contributed by atoms with Crippen molar-refractivity contribution in [2.75, 3.05) is 19.7 Å². The Morgan fingerprint density at radius 3 is 2.90 bits per heavy atom. The Labute approximate surface area is 124 Å². The number of rotatable bonds is 3. The molecule has 0 radical (unpaired) electrons. The lowest BCUT2D eigenvalue weighted by atomic mass is 10.0. The second kappa shape index (κ2) is 6.10. The number of morpholine rings is 1. The summed E-state index contributed by atoms with van der Waals surface area (Å²) in [4.78, 5) is 19.7. The van der Waals surface area contributed by atoms with Gasteiger partial charge in [-0.25, -0.2) is 9.78 Å². The van der Waals surface area contributed by atoms with E-state index in [1.165, 1.54) is 4.88 Å². The molecule has 2 heterocycles. The van der Waals surface area contributed by atoms with Gasteiger partial charge < -0.3 is 15.0 Å². The SMILES string of the molecule is CC[C@@]1(C)CN(C(=O)NCc2nc(C)sc2C)CCO1. The van der Waals surface area contributed by atoms with Gasteiger partial charge in [-0.2, -0.15) is 0 Å². The van der Waals surface area contributed by atoms with Crippen LogP contribution in [0.2, 0.25) is 0 Å². The summed E-state index contributed by atoms with van der Waals surface area (Å²) >= 11 is 1.66. The van der Waals surface area contributed by atoms with E-state index >= 15 is 0 Å². The van der Waals surface area contributed by atoms with Gasteiger partial charge in [0.2, 0.25) is 0 Å². The van der Waals surface area contributed by atoms with Crippen molar-refractivity contribution in [2.45, 2.75) is 46.3 Å². The number of nitrogens with zero attached hydrogens (tertiary/aromatic N) is 2. The number of hydrogen-bond acceptors (Lipinski definition) is 4. The first kappa shape index (κ1) is 15.3. The molecule has 1 atom stereocenters. The maximum absolute atomic E-state index is 12.2. The molecule has 0 bridgehead atoms. The fraction of sp³-hybridized carbons (Fsp3) is 0.714. The van der Waals surface area contributed by atoms with E-state index in [1.54, 1.807) is 11.3 Å². The number of amides is 2. The van der Waals surface area contributed by atoms with Crippen molar-refractivity contribution in [3.8, 4) is 0 Å². The molecule has 6 heteroatoms. The van der Waals surface area contributed by atoms with Crippen LogP contribution in [0.1, 0.15) is 35.8 Å². The molecule has 0 unspecified atom stereocenters. The number of carbonyl (C=O) groups is 1. The van der Waals surface area contributed by atoms with E-state index in [4.69, 9.17) is 4.74 Å². The molecule has 1 fully saturated rings. The number of carbonyl (C=O) groups excluding carboxylic acids is 1. The molecule has 2 rings (SSSR count). The standard InChI is InChI=1S/C14H23N3O2S/c1-5-14(4)9-17(6-7-19-14)13(18)15-8-12-10(2)20-11(3)16-12/h5-9H2,1-4H3,(H,15,18)/t14-/m0/s1. The molecule has 0 saturated carbocycles. The second-order valence-corrected chi connectivity index (χ2v) is 6.88. The lowest BCUT2D eigenvalue weighted by Crippen LogP contribution is -2.54. The van der Waals surface area contributed by atoms with Crippen molar-refractivity contribution in [1.29, 1.82) is 0 Å². The molecule has 5 nitrogen and oxygen atoms in total. The first-order valence-corrected chi connectivity index (χ1v) is 7.85. The summed E-state index contributed by atoms with van der Waals surface area (Å²) < 4.78 is 5.75. The van der Waals surface area contributed by atoms with Crippen molar-refractivity contribution in [3.63, 3.8) is 0 Å². The number of ether oxygens (including phenoxy) is 1. The van der Waals surface area contributed by atoms with Crippen molar-refractivity contribution in [3.05, 3.63) is 15.6 Å². The average Bonchev–Trinajstić information content (AvgIpc) is 2.74. The zero-order valence-electron chi connectivity index (χ0n) is 12.7. The Balaban J connectivity index is 1.90. The molecule has 0 aliphatic carbocycles. The van der Waals surface area contributed by atoms with Gasteiger partial charge in [-0.15, -0.1) is 11.3 Å². The number of aromatic nitrogens is 1. The predicted molar refractivity (Wildman–Crippen MR) is 80.0 cm³/mol. The lowest BCUT2D eigenvalue weighted by molar-refractivity contribution is -0.0872. The van der Waals surface area contributed by atoms with Crippen LogP contribution in [0.15, 0.2) is 0 Å². The van der Waals surface area contributed by atoms with Gasteiger partial charge in [0.25, 0.3) is 0 Å². The Bertz CT molecular complexity index is 489. The summed E-state index contributed by atoms with van der Waals surface area (Å²) in [5.41, 5.74) is 0.746. The maximum Gasteiger partial charge on any atom is 0.317 e. The van der Waals surface area contributed by atoms with Crippen molar-refractivity contribution < 1.29 is 9.53 Å². The number of urea groups is 1. The predicted octanol–water partition coefficient (Wildman–Crippen LogP) is 2.47. The van der Waals surface area contributed by atoms with Crippen LogP contribution in [-0.4, -0.2) is 41.2 Å². The minimum atomic E-state index is -0.220. The first-order valence-electron chi connectivity index (χ1n) is 7.03. The monoisotopic (exact) mass is 297 g/mol. The normalized spacial score (nSPS) is 22.9. The molecule has 1 aliphatic rings. The Morgan fingerprint density at radius 1 is 1.55 bits per heavy atom. The third kappa shape index (κ3) is 3.49. The quantitative estimate of drug-likeness (QED) is 0.932. The largest absolute Gasteiger partial charge is 0.372 e. The minimum absolute atomic E-state index is 0.0296. The summed E-state index contributed by atoms with van der Waals surface area (Å²) in [6.07, 6.45) is 0.904. The molecule has 0 spiro atoms. The van der Waals surface area contributed by atoms with Gasteiger partial charge in [-0.05, 0) is 27.2 Å².